The van der Waals surface area contributed by atoms with E-state index in [4.69, 9.17) is 4.74 Å². The molecule has 0 bridgehead atoms. The van der Waals surface area contributed by atoms with Crippen molar-refractivity contribution in [1.29, 1.82) is 0 Å². The monoisotopic (exact) mass is 316 g/mol. The number of carbonyl (C=O) groups excluding carboxylic acids is 1. The van der Waals surface area contributed by atoms with Crippen molar-refractivity contribution in [3.8, 4) is 0 Å². The van der Waals surface area contributed by atoms with Crippen molar-refractivity contribution < 1.29 is 9.53 Å². The molecule has 0 aliphatic rings. The molecule has 0 atom stereocenters. The van der Waals surface area contributed by atoms with Gasteiger partial charge in [-0.1, -0.05) is 29.3 Å². The van der Waals surface area contributed by atoms with Gasteiger partial charge in [0.05, 0.1) is 11.0 Å². The third-order valence-corrected chi connectivity index (χ3v) is 3.12. The van der Waals surface area contributed by atoms with Crippen LogP contribution in [0.2, 0.25) is 0 Å². The fourth-order valence-electron chi connectivity index (χ4n) is 1.67. The lowest BCUT2D eigenvalue weighted by molar-refractivity contribution is 0.100. The van der Waals surface area contributed by atoms with Crippen LogP contribution in [0.5, 0.6) is 0 Å². The summed E-state index contributed by atoms with van der Waals surface area (Å²) in [7, 11) is 0. The Bertz CT molecular complexity index is 377. The molecular formula is C13H21BrN2O2. The highest BCUT2D eigenvalue weighted by Gasteiger charge is 2.12. The minimum absolute atomic E-state index is 0.0718. The predicted molar refractivity (Wildman–Crippen MR) is 75.4 cm³/mol. The summed E-state index contributed by atoms with van der Waals surface area (Å²) < 4.78 is 7.27. The van der Waals surface area contributed by atoms with Crippen molar-refractivity contribution in [3.05, 3.63) is 17.5 Å². The zero-order valence-electron chi connectivity index (χ0n) is 11.1. The van der Waals surface area contributed by atoms with Gasteiger partial charge in [-0.25, -0.2) is 0 Å². The molecule has 0 aromatic carbocycles. The summed E-state index contributed by atoms with van der Waals surface area (Å²) in [5.74, 6) is 0.0718. The molecule has 1 aromatic heterocycles. The van der Waals surface area contributed by atoms with Gasteiger partial charge in [-0.05, 0) is 25.8 Å². The van der Waals surface area contributed by atoms with Gasteiger partial charge in [0.15, 0.2) is 5.78 Å². The van der Waals surface area contributed by atoms with Gasteiger partial charge < -0.3 is 4.74 Å². The fraction of sp³-hybridized carbons (Fsp3) is 0.692. The molecule has 4 nitrogen and oxygen atoms in total. The maximum absolute atomic E-state index is 11.7. The number of carbonyl (C=O) groups is 1. The second-order valence-corrected chi connectivity index (χ2v) is 4.83. The second-order valence-electron chi connectivity index (χ2n) is 4.27. The number of nitrogens with zero attached hydrogens (tertiary/aromatic N) is 2. The average Bonchev–Trinajstić information content (AvgIpc) is 2.74. The molecule has 0 spiro atoms. The van der Waals surface area contributed by atoms with Crippen LogP contribution in [0, 0.1) is 6.92 Å². The Morgan fingerprint density at radius 3 is 2.83 bits per heavy atom. The number of aromatic nitrogens is 2. The van der Waals surface area contributed by atoms with Crippen LogP contribution in [0.15, 0.2) is 6.07 Å². The Labute approximate surface area is 117 Å². The maximum atomic E-state index is 11.7. The summed E-state index contributed by atoms with van der Waals surface area (Å²) in [6.07, 6.45) is 3.14. The molecule has 1 aromatic rings. The number of rotatable bonds is 9. The molecule has 0 unspecified atom stereocenters. The summed E-state index contributed by atoms with van der Waals surface area (Å²) in [6, 6.07) is 1.83. The molecule has 1 rings (SSSR count). The lowest BCUT2D eigenvalue weighted by Crippen LogP contribution is -2.13. The van der Waals surface area contributed by atoms with Gasteiger partial charge in [0, 0.05) is 19.8 Å². The first kappa shape index (κ1) is 15.4. The van der Waals surface area contributed by atoms with Crippen molar-refractivity contribution >= 4 is 21.7 Å². The van der Waals surface area contributed by atoms with Crippen LogP contribution in [0.3, 0.4) is 0 Å². The zero-order valence-corrected chi connectivity index (χ0v) is 12.7. The molecule has 0 aliphatic heterocycles. The normalized spacial score (nSPS) is 10.8. The van der Waals surface area contributed by atoms with Crippen molar-refractivity contribution in [3.63, 3.8) is 0 Å². The first-order valence-corrected chi connectivity index (χ1v) is 7.52. The number of ketones is 1. The van der Waals surface area contributed by atoms with Crippen LogP contribution in [0.4, 0.5) is 0 Å². The highest BCUT2D eigenvalue weighted by Crippen LogP contribution is 2.07. The molecule has 0 fully saturated rings. The van der Waals surface area contributed by atoms with Crippen LogP contribution in [-0.2, 0) is 11.3 Å². The van der Waals surface area contributed by atoms with Crippen LogP contribution < -0.4 is 0 Å². The molecule has 5 heteroatoms. The molecule has 0 N–H and O–H groups in total. The number of hydrogen-bond acceptors (Lipinski definition) is 3. The highest BCUT2D eigenvalue weighted by molar-refractivity contribution is 9.09. The van der Waals surface area contributed by atoms with Crippen LogP contribution >= 0.6 is 15.9 Å². The van der Waals surface area contributed by atoms with Crippen LogP contribution in [-0.4, -0.2) is 34.1 Å². The Morgan fingerprint density at radius 1 is 1.44 bits per heavy atom. The number of Topliss-reactive ketones (excluding diaryl/α,β-unsaturated/α-hetero) is 1. The van der Waals surface area contributed by atoms with Crippen molar-refractivity contribution in [2.45, 2.75) is 39.7 Å². The van der Waals surface area contributed by atoms with Crippen molar-refractivity contribution in [2.75, 3.05) is 18.5 Å². The Morgan fingerprint density at radius 2 is 2.17 bits per heavy atom. The van der Waals surface area contributed by atoms with E-state index in [0.717, 1.165) is 44.7 Å². The summed E-state index contributed by atoms with van der Waals surface area (Å²) in [5.41, 5.74) is 1.56. The van der Waals surface area contributed by atoms with E-state index < -0.39 is 0 Å². The van der Waals surface area contributed by atoms with Gasteiger partial charge in [0.25, 0.3) is 0 Å². The standard InChI is InChI=1S/C13H21BrN2O2/c1-3-4-7-18-8-5-6-16-12(13(17)10-14)9-11(2)15-16/h9H,3-8,10H2,1-2H3. The van der Waals surface area contributed by atoms with E-state index in [-0.39, 0.29) is 5.78 Å². The molecule has 0 saturated carbocycles. The van der Waals surface area contributed by atoms with Gasteiger partial charge >= 0.3 is 0 Å². The van der Waals surface area contributed by atoms with E-state index in [1.165, 1.54) is 0 Å². The lowest BCUT2D eigenvalue weighted by atomic mass is 10.3. The zero-order chi connectivity index (χ0) is 13.4. The lowest BCUT2D eigenvalue weighted by Gasteiger charge is -2.06. The minimum atomic E-state index is 0.0718. The number of alkyl halides is 1. The minimum Gasteiger partial charge on any atom is -0.381 e. The SMILES string of the molecule is CCCCOCCCn1nc(C)cc1C(=O)CBr. The first-order valence-electron chi connectivity index (χ1n) is 6.40. The molecule has 1 heterocycles. The summed E-state index contributed by atoms with van der Waals surface area (Å²) in [5, 5.41) is 4.67. The number of unbranched alkanes of at least 4 members (excludes halogenated alkanes) is 1. The van der Waals surface area contributed by atoms with E-state index in [9.17, 15) is 4.79 Å². The molecule has 0 saturated heterocycles. The predicted octanol–water partition coefficient (Wildman–Crippen LogP) is 2.98. The first-order chi connectivity index (χ1) is 8.69. The smallest absolute Gasteiger partial charge is 0.191 e. The van der Waals surface area contributed by atoms with Gasteiger partial charge in [-0.2, -0.15) is 5.10 Å². The Balaban J connectivity index is 2.39. The van der Waals surface area contributed by atoms with E-state index in [1.54, 1.807) is 4.68 Å². The van der Waals surface area contributed by atoms with Crippen LogP contribution in [0.25, 0.3) is 0 Å². The quantitative estimate of drug-likeness (QED) is 0.399. The Hall–Kier alpha value is -0.680. The number of hydrogen-bond donors (Lipinski definition) is 0. The van der Waals surface area contributed by atoms with Crippen molar-refractivity contribution in [2.24, 2.45) is 0 Å². The van der Waals surface area contributed by atoms with E-state index in [1.807, 2.05) is 13.0 Å². The summed E-state index contributed by atoms with van der Waals surface area (Å²) in [6.45, 7) is 6.32. The average molecular weight is 317 g/mol. The summed E-state index contributed by atoms with van der Waals surface area (Å²) in [4.78, 5) is 11.7. The fourth-order valence-corrected chi connectivity index (χ4v) is 1.96. The molecule has 102 valence electrons. The summed E-state index contributed by atoms with van der Waals surface area (Å²) >= 11 is 3.19. The Kier molecular flexibility index (Phi) is 7.20. The third-order valence-electron chi connectivity index (χ3n) is 2.61. The van der Waals surface area contributed by atoms with Gasteiger partial charge in [-0.15, -0.1) is 0 Å². The van der Waals surface area contributed by atoms with E-state index >= 15 is 0 Å². The largest absolute Gasteiger partial charge is 0.381 e. The molecular weight excluding hydrogens is 296 g/mol. The number of aryl methyl sites for hydroxylation is 2. The van der Waals surface area contributed by atoms with Gasteiger partial charge in [0.2, 0.25) is 0 Å². The van der Waals surface area contributed by atoms with Crippen LogP contribution in [0.1, 0.15) is 42.4 Å². The van der Waals surface area contributed by atoms with E-state index in [2.05, 4.69) is 28.0 Å². The number of halogens is 1. The number of ether oxygens (including phenoxy) is 1. The molecule has 0 aliphatic carbocycles. The highest BCUT2D eigenvalue weighted by atomic mass is 79.9. The second kappa shape index (κ2) is 8.43. The van der Waals surface area contributed by atoms with E-state index in [0.29, 0.717) is 11.0 Å². The third kappa shape index (κ3) is 4.90. The molecule has 0 radical (unpaired) electrons. The molecule has 0 amide bonds. The molecule has 18 heavy (non-hydrogen) atoms. The van der Waals surface area contributed by atoms with Gasteiger partial charge in [0.1, 0.15) is 5.69 Å². The topological polar surface area (TPSA) is 44.1 Å². The van der Waals surface area contributed by atoms with Crippen molar-refractivity contribution in [1.82, 2.24) is 9.78 Å². The maximum Gasteiger partial charge on any atom is 0.191 e. The van der Waals surface area contributed by atoms with Gasteiger partial charge in [-0.3, -0.25) is 9.48 Å².